The van der Waals surface area contributed by atoms with Gasteiger partial charge in [-0.25, -0.2) is 12.7 Å². The fraction of sp³-hybridized carbons (Fsp3) is 0.632. The summed E-state index contributed by atoms with van der Waals surface area (Å²) < 4.78 is 25.2. The van der Waals surface area contributed by atoms with Crippen molar-refractivity contribution < 1.29 is 13.2 Å². The third-order valence-corrected chi connectivity index (χ3v) is 6.99. The highest BCUT2D eigenvalue weighted by molar-refractivity contribution is 7.89. The summed E-state index contributed by atoms with van der Waals surface area (Å²) in [5.74, 6) is 0.401. The highest BCUT2D eigenvalue weighted by atomic mass is 32.2. The smallest absolute Gasteiger partial charge is 0.223 e. The Labute approximate surface area is 157 Å². The van der Waals surface area contributed by atoms with Gasteiger partial charge in [-0.2, -0.15) is 0 Å². The van der Waals surface area contributed by atoms with E-state index in [1.54, 1.807) is 6.92 Å². The van der Waals surface area contributed by atoms with Gasteiger partial charge in [0, 0.05) is 31.6 Å². The second-order valence-corrected chi connectivity index (χ2v) is 9.50. The standard InChI is InChI=1S/C19H31N3O3S/c1-4-26(24,25)22-11-9-17(10-12-22)19(23)21-13-18(20)16-7-5-15(6-8-16)14(2)3/h5-8,14,17-18H,4,9-13,20H2,1-3H3,(H,21,23). The summed E-state index contributed by atoms with van der Waals surface area (Å²) in [6.45, 7) is 7.14. The van der Waals surface area contributed by atoms with E-state index >= 15 is 0 Å². The number of nitrogens with zero attached hydrogens (tertiary/aromatic N) is 1. The number of piperidine rings is 1. The maximum Gasteiger partial charge on any atom is 0.223 e. The van der Waals surface area contributed by atoms with Gasteiger partial charge in [0.2, 0.25) is 15.9 Å². The van der Waals surface area contributed by atoms with Crippen LogP contribution in [-0.4, -0.2) is 44.0 Å². The van der Waals surface area contributed by atoms with E-state index in [0.29, 0.717) is 38.4 Å². The number of carbonyl (C=O) groups excluding carboxylic acids is 1. The maximum absolute atomic E-state index is 12.4. The number of amides is 1. The molecule has 1 aromatic rings. The van der Waals surface area contributed by atoms with Crippen LogP contribution in [0, 0.1) is 5.92 Å². The highest BCUT2D eigenvalue weighted by Crippen LogP contribution is 2.21. The van der Waals surface area contributed by atoms with Gasteiger partial charge in [0.25, 0.3) is 0 Å². The molecule has 1 aliphatic heterocycles. The zero-order valence-electron chi connectivity index (χ0n) is 15.9. The van der Waals surface area contributed by atoms with Gasteiger partial charge in [-0.3, -0.25) is 4.79 Å². The normalized spacial score (nSPS) is 18.0. The van der Waals surface area contributed by atoms with Gasteiger partial charge in [0.05, 0.1) is 5.75 Å². The molecule has 0 bridgehead atoms. The van der Waals surface area contributed by atoms with Gasteiger partial charge < -0.3 is 11.1 Å². The molecule has 0 aromatic heterocycles. The minimum absolute atomic E-state index is 0.0344. The van der Waals surface area contributed by atoms with Crippen molar-refractivity contribution >= 4 is 15.9 Å². The summed E-state index contributed by atoms with van der Waals surface area (Å²) in [7, 11) is -3.16. The third kappa shape index (κ3) is 5.28. The number of hydrogen-bond acceptors (Lipinski definition) is 4. The monoisotopic (exact) mass is 381 g/mol. The third-order valence-electron chi connectivity index (χ3n) is 5.11. The molecular weight excluding hydrogens is 350 g/mol. The Balaban J connectivity index is 1.81. The molecule has 0 radical (unpaired) electrons. The molecule has 0 saturated carbocycles. The molecule has 2 rings (SSSR count). The molecule has 7 heteroatoms. The molecule has 0 aliphatic carbocycles. The lowest BCUT2D eigenvalue weighted by Gasteiger charge is -2.30. The average Bonchev–Trinajstić information content (AvgIpc) is 2.66. The van der Waals surface area contributed by atoms with Crippen LogP contribution in [0.5, 0.6) is 0 Å². The van der Waals surface area contributed by atoms with E-state index in [9.17, 15) is 13.2 Å². The fourth-order valence-corrected chi connectivity index (χ4v) is 4.31. The fourth-order valence-electron chi connectivity index (χ4n) is 3.18. The summed E-state index contributed by atoms with van der Waals surface area (Å²) >= 11 is 0. The van der Waals surface area contributed by atoms with E-state index in [-0.39, 0.29) is 23.6 Å². The quantitative estimate of drug-likeness (QED) is 0.755. The maximum atomic E-state index is 12.4. The number of nitrogens with two attached hydrogens (primary N) is 1. The van der Waals surface area contributed by atoms with Crippen LogP contribution in [0.1, 0.15) is 56.7 Å². The van der Waals surface area contributed by atoms with Gasteiger partial charge in [-0.1, -0.05) is 38.1 Å². The minimum Gasteiger partial charge on any atom is -0.354 e. The Hall–Kier alpha value is -1.44. The first-order valence-corrected chi connectivity index (χ1v) is 11.0. The molecule has 1 heterocycles. The number of carbonyl (C=O) groups is 1. The Bertz CT molecular complexity index is 693. The molecule has 0 spiro atoms. The van der Waals surface area contributed by atoms with Crippen molar-refractivity contribution in [2.45, 2.75) is 45.6 Å². The number of hydrogen-bond donors (Lipinski definition) is 2. The minimum atomic E-state index is -3.16. The molecule has 26 heavy (non-hydrogen) atoms. The molecule has 1 amide bonds. The molecule has 146 valence electrons. The van der Waals surface area contributed by atoms with Crippen molar-refractivity contribution in [2.24, 2.45) is 11.7 Å². The molecule has 1 aliphatic rings. The molecule has 1 atom stereocenters. The first-order valence-electron chi connectivity index (χ1n) is 9.35. The second-order valence-electron chi connectivity index (χ2n) is 7.25. The number of benzene rings is 1. The van der Waals surface area contributed by atoms with E-state index in [4.69, 9.17) is 5.73 Å². The number of nitrogens with one attached hydrogen (secondary N) is 1. The summed E-state index contributed by atoms with van der Waals surface area (Å²) in [5.41, 5.74) is 8.46. The van der Waals surface area contributed by atoms with Crippen LogP contribution in [0.4, 0.5) is 0 Å². The first-order chi connectivity index (χ1) is 12.2. The summed E-state index contributed by atoms with van der Waals surface area (Å²) in [4.78, 5) is 12.4. The van der Waals surface area contributed by atoms with Crippen LogP contribution in [-0.2, 0) is 14.8 Å². The average molecular weight is 382 g/mol. The predicted octanol–water partition coefficient (Wildman–Crippen LogP) is 1.99. The van der Waals surface area contributed by atoms with Crippen molar-refractivity contribution in [3.8, 4) is 0 Å². The van der Waals surface area contributed by atoms with Crippen LogP contribution in [0.25, 0.3) is 0 Å². The number of sulfonamides is 1. The highest BCUT2D eigenvalue weighted by Gasteiger charge is 2.30. The van der Waals surface area contributed by atoms with Gasteiger partial charge in [-0.15, -0.1) is 0 Å². The lowest BCUT2D eigenvalue weighted by Crippen LogP contribution is -2.44. The zero-order chi connectivity index (χ0) is 19.3. The Morgan fingerprint density at radius 3 is 2.23 bits per heavy atom. The lowest BCUT2D eigenvalue weighted by molar-refractivity contribution is -0.126. The van der Waals surface area contributed by atoms with Gasteiger partial charge >= 0.3 is 0 Å². The summed E-state index contributed by atoms with van der Waals surface area (Å²) in [5, 5.41) is 2.92. The van der Waals surface area contributed by atoms with Crippen molar-refractivity contribution in [3.63, 3.8) is 0 Å². The van der Waals surface area contributed by atoms with Crippen LogP contribution < -0.4 is 11.1 Å². The SMILES string of the molecule is CCS(=O)(=O)N1CCC(C(=O)NCC(N)c2ccc(C(C)C)cc2)CC1. The molecule has 1 saturated heterocycles. The Kier molecular flexibility index (Phi) is 7.20. The van der Waals surface area contributed by atoms with Gasteiger partial charge in [0.1, 0.15) is 0 Å². The van der Waals surface area contributed by atoms with E-state index in [0.717, 1.165) is 5.56 Å². The van der Waals surface area contributed by atoms with E-state index in [2.05, 4.69) is 31.3 Å². The largest absolute Gasteiger partial charge is 0.354 e. The second kappa shape index (κ2) is 8.97. The molecule has 3 N–H and O–H groups in total. The van der Waals surface area contributed by atoms with Crippen LogP contribution in [0.3, 0.4) is 0 Å². The topological polar surface area (TPSA) is 92.5 Å². The van der Waals surface area contributed by atoms with E-state index in [1.165, 1.54) is 9.87 Å². The molecule has 1 aromatic carbocycles. The van der Waals surface area contributed by atoms with Crippen LogP contribution in [0.2, 0.25) is 0 Å². The molecule has 1 unspecified atom stereocenters. The molecule has 6 nitrogen and oxygen atoms in total. The summed E-state index contributed by atoms with van der Waals surface area (Å²) in [6, 6.07) is 7.93. The van der Waals surface area contributed by atoms with Crippen LogP contribution in [0.15, 0.2) is 24.3 Å². The van der Waals surface area contributed by atoms with Crippen molar-refractivity contribution in [1.29, 1.82) is 0 Å². The van der Waals surface area contributed by atoms with Gasteiger partial charge in [0.15, 0.2) is 0 Å². The summed E-state index contributed by atoms with van der Waals surface area (Å²) in [6.07, 6.45) is 1.12. The number of rotatable bonds is 7. The first kappa shape index (κ1) is 20.9. The lowest BCUT2D eigenvalue weighted by atomic mass is 9.96. The van der Waals surface area contributed by atoms with E-state index < -0.39 is 10.0 Å². The van der Waals surface area contributed by atoms with Crippen molar-refractivity contribution in [2.75, 3.05) is 25.4 Å². The Morgan fingerprint density at radius 2 is 1.73 bits per heavy atom. The van der Waals surface area contributed by atoms with Gasteiger partial charge in [-0.05, 0) is 36.8 Å². The van der Waals surface area contributed by atoms with Crippen LogP contribution >= 0.6 is 0 Å². The zero-order valence-corrected chi connectivity index (χ0v) is 16.8. The van der Waals surface area contributed by atoms with E-state index in [1.807, 2.05) is 12.1 Å². The molecule has 1 fully saturated rings. The van der Waals surface area contributed by atoms with Crippen molar-refractivity contribution in [1.82, 2.24) is 9.62 Å². The predicted molar refractivity (Wildman–Crippen MR) is 104 cm³/mol. The molecular formula is C19H31N3O3S. The van der Waals surface area contributed by atoms with Crippen molar-refractivity contribution in [3.05, 3.63) is 35.4 Å². The Morgan fingerprint density at radius 1 is 1.19 bits per heavy atom.